The zero-order valence-corrected chi connectivity index (χ0v) is 25.7. The summed E-state index contributed by atoms with van der Waals surface area (Å²) < 4.78 is 5.74. The third kappa shape index (κ3) is 15.8. The quantitative estimate of drug-likeness (QED) is 0.194. The molecular weight excluding hydrogens is 682 g/mol. The Kier molecular flexibility index (Phi) is 18.1. The molecule has 1 aromatic carbocycles. The van der Waals surface area contributed by atoms with Crippen LogP contribution in [0.15, 0.2) is 24.3 Å². The van der Waals surface area contributed by atoms with Gasteiger partial charge in [-0.05, 0) is 30.5 Å². The zero-order chi connectivity index (χ0) is 29.5. The molecule has 41 heavy (non-hydrogen) atoms. The molecule has 0 aromatic heterocycles. The Balaban J connectivity index is 0.00000840. The van der Waals surface area contributed by atoms with Crippen LogP contribution in [-0.4, -0.2) is 149 Å². The number of carboxylic acid groups (broad SMARTS) is 4. The molecule has 232 valence electrons. The number of hydrogen-bond donors (Lipinski definition) is 4. The molecule has 1 saturated heterocycles. The van der Waals surface area contributed by atoms with Crippen molar-refractivity contribution >= 4 is 23.9 Å². The number of ether oxygens (including phenoxy) is 1. The maximum absolute atomic E-state index is 11.8. The minimum atomic E-state index is -1.04. The fourth-order valence-corrected chi connectivity index (χ4v) is 4.68. The van der Waals surface area contributed by atoms with Crippen molar-refractivity contribution in [3.8, 4) is 5.75 Å². The summed E-state index contributed by atoms with van der Waals surface area (Å²) in [7, 11) is 0. The molecule has 1 heterocycles. The first-order valence-electron chi connectivity index (χ1n) is 13.6. The number of rotatable bonds is 14. The van der Waals surface area contributed by atoms with E-state index in [4.69, 9.17) is 4.74 Å². The number of hydrogen-bond acceptors (Lipinski definition) is 9. The summed E-state index contributed by atoms with van der Waals surface area (Å²) in [6.07, 6.45) is 2.39. The van der Waals surface area contributed by atoms with Crippen LogP contribution in [-0.2, 0) is 25.6 Å². The molecule has 2 rings (SSSR count). The number of benzene rings is 1. The van der Waals surface area contributed by atoms with Crippen molar-refractivity contribution in [1.82, 2.24) is 19.6 Å². The average molecular weight is 724 g/mol. The van der Waals surface area contributed by atoms with Gasteiger partial charge < -0.3 is 25.2 Å². The van der Waals surface area contributed by atoms with E-state index in [1.54, 1.807) is 19.6 Å². The molecule has 0 saturated carbocycles. The van der Waals surface area contributed by atoms with Crippen molar-refractivity contribution in [2.24, 2.45) is 0 Å². The van der Waals surface area contributed by atoms with Crippen molar-refractivity contribution in [1.29, 1.82) is 0 Å². The van der Waals surface area contributed by atoms with E-state index >= 15 is 0 Å². The first-order valence-corrected chi connectivity index (χ1v) is 13.6. The molecule has 1 aromatic rings. The summed E-state index contributed by atoms with van der Waals surface area (Å²) in [6, 6.07) is 7.12. The van der Waals surface area contributed by atoms with Gasteiger partial charge in [-0.2, -0.15) is 0 Å². The van der Waals surface area contributed by atoms with Gasteiger partial charge in [0.15, 0.2) is 0 Å². The molecular formula is C27H42GdN4O9. The maximum atomic E-state index is 11.8. The van der Waals surface area contributed by atoms with Gasteiger partial charge in [-0.25, -0.2) is 0 Å². The number of carbonyl (C=O) groups is 4. The molecule has 0 radical (unpaired) electrons. The molecule has 0 aliphatic carbocycles. The van der Waals surface area contributed by atoms with Crippen molar-refractivity contribution in [2.45, 2.75) is 32.2 Å². The molecule has 0 amide bonds. The van der Waals surface area contributed by atoms with E-state index in [2.05, 4.69) is 6.92 Å². The molecule has 1 atom stereocenters. The van der Waals surface area contributed by atoms with Crippen molar-refractivity contribution in [3.63, 3.8) is 0 Å². The summed E-state index contributed by atoms with van der Waals surface area (Å²) in [5.74, 6) is -3.42. The Bertz CT molecular complexity index is 967. The fraction of sp³-hybridized carbons (Fsp3) is 0.630. The molecule has 0 bridgehead atoms. The van der Waals surface area contributed by atoms with Crippen molar-refractivity contribution < 1.29 is 84.3 Å². The summed E-state index contributed by atoms with van der Waals surface area (Å²) in [6.45, 7) is 3.35. The molecule has 0 spiro atoms. The van der Waals surface area contributed by atoms with Crippen LogP contribution in [0.5, 0.6) is 5.75 Å². The second kappa shape index (κ2) is 20.1. The van der Waals surface area contributed by atoms with Crippen molar-refractivity contribution in [2.75, 3.05) is 78.6 Å². The van der Waals surface area contributed by atoms with Gasteiger partial charge in [0, 0.05) is 91.8 Å². The number of nitrogens with zero attached hydrogens (tertiary/aromatic N) is 4. The van der Waals surface area contributed by atoms with Gasteiger partial charge in [0.2, 0.25) is 0 Å². The summed E-state index contributed by atoms with van der Waals surface area (Å²) in [5.41, 5.74) is 0.917. The van der Waals surface area contributed by atoms with Crippen LogP contribution in [0.25, 0.3) is 0 Å². The second-order valence-electron chi connectivity index (χ2n) is 10.0. The third-order valence-corrected chi connectivity index (χ3v) is 6.73. The third-order valence-electron chi connectivity index (χ3n) is 6.73. The predicted octanol–water partition coefficient (Wildman–Crippen LogP) is 0.337. The van der Waals surface area contributed by atoms with Crippen LogP contribution in [0.1, 0.15) is 25.3 Å². The number of aliphatic carboxylic acids is 4. The van der Waals surface area contributed by atoms with Gasteiger partial charge in [-0.3, -0.25) is 38.8 Å². The van der Waals surface area contributed by atoms with Crippen LogP contribution < -0.4 is 4.74 Å². The number of unbranched alkanes of at least 4 members (excludes halogenated alkanes) is 1. The Labute approximate surface area is 272 Å². The molecule has 1 aliphatic rings. The van der Waals surface area contributed by atoms with Crippen LogP contribution in [0.2, 0.25) is 0 Å². The average Bonchev–Trinajstić information content (AvgIpc) is 2.86. The molecule has 1 aliphatic heterocycles. The van der Waals surface area contributed by atoms with E-state index in [1.165, 1.54) is 0 Å². The predicted molar refractivity (Wildman–Crippen MR) is 146 cm³/mol. The van der Waals surface area contributed by atoms with Gasteiger partial charge in [0.1, 0.15) is 5.75 Å². The van der Waals surface area contributed by atoms with Crippen LogP contribution in [0.3, 0.4) is 0 Å². The monoisotopic (exact) mass is 724 g/mol. The normalized spacial score (nSPS) is 18.4. The smallest absolute Gasteiger partial charge is 0.317 e. The van der Waals surface area contributed by atoms with Crippen LogP contribution >= 0.6 is 0 Å². The molecule has 13 nitrogen and oxygen atoms in total. The summed E-state index contributed by atoms with van der Waals surface area (Å²) >= 11 is 0. The Morgan fingerprint density at radius 1 is 0.732 bits per heavy atom. The number of carboxylic acids is 4. The summed E-state index contributed by atoms with van der Waals surface area (Å²) in [5, 5.41) is 38.0. The van der Waals surface area contributed by atoms with Gasteiger partial charge >= 0.3 is 23.9 Å². The Morgan fingerprint density at radius 2 is 1.20 bits per heavy atom. The molecule has 0 unspecified atom stereocenters. The van der Waals surface area contributed by atoms with Crippen LogP contribution in [0, 0.1) is 39.9 Å². The van der Waals surface area contributed by atoms with Gasteiger partial charge in [0.25, 0.3) is 0 Å². The van der Waals surface area contributed by atoms with E-state index in [0.29, 0.717) is 13.0 Å². The first kappa shape index (κ1) is 37.1. The largest absolute Gasteiger partial charge is 0.494 e. The van der Waals surface area contributed by atoms with Gasteiger partial charge in [0.05, 0.1) is 32.8 Å². The molecule has 4 N–H and O–H groups in total. The van der Waals surface area contributed by atoms with E-state index in [0.717, 1.165) is 24.2 Å². The first-order chi connectivity index (χ1) is 19.0. The van der Waals surface area contributed by atoms with E-state index in [9.17, 15) is 39.6 Å². The maximum Gasteiger partial charge on any atom is 0.317 e. The van der Waals surface area contributed by atoms with Gasteiger partial charge in [-0.1, -0.05) is 25.5 Å². The topological polar surface area (TPSA) is 171 Å². The summed E-state index contributed by atoms with van der Waals surface area (Å²) in [4.78, 5) is 53.2. The SMILES string of the molecule is CCCCOc1ccc(C[C@@H]2CN(CC(=O)O)CCN(CC(=O)O)CCN(CC(=O)O)CCN2CC(=O)O)cc1.[Gd]. The second-order valence-corrected chi connectivity index (χ2v) is 10.0. The Hall–Kier alpha value is -1.94. The van der Waals surface area contributed by atoms with Gasteiger partial charge in [-0.15, -0.1) is 0 Å². The van der Waals surface area contributed by atoms with E-state index < -0.39 is 29.9 Å². The van der Waals surface area contributed by atoms with E-state index in [1.807, 2.05) is 24.3 Å². The van der Waals surface area contributed by atoms with Crippen molar-refractivity contribution in [3.05, 3.63) is 29.8 Å². The Morgan fingerprint density at radius 3 is 1.68 bits per heavy atom. The fourth-order valence-electron chi connectivity index (χ4n) is 4.68. The van der Waals surface area contributed by atoms with E-state index in [-0.39, 0.29) is 112 Å². The molecule has 1 fully saturated rings. The van der Waals surface area contributed by atoms with Crippen LogP contribution in [0.4, 0.5) is 0 Å². The standard InChI is InChI=1S/C27H42N4O9.Gd/c1-2-3-14-40-23-6-4-21(5-7-23)15-22-16-30(19-26(36)37)11-10-28(17-24(32)33)8-9-29(18-25(34)35)12-13-31(22)20-27(38)39;/h4-7,22H,2-3,8-20H2,1H3,(H,32,33)(H,34,35)(H,36,37)(H,38,39);/t22-;/m1./s1. The molecule has 14 heteroatoms. The minimum Gasteiger partial charge on any atom is -0.494 e. The zero-order valence-electron chi connectivity index (χ0n) is 23.5. The minimum absolute atomic E-state index is 0.